The molecule has 2 aromatic rings. The predicted molar refractivity (Wildman–Crippen MR) is 139 cm³/mol. The lowest BCUT2D eigenvalue weighted by Gasteiger charge is -2.30. The van der Waals surface area contributed by atoms with Gasteiger partial charge in [-0.05, 0) is 48.0 Å². The van der Waals surface area contributed by atoms with E-state index in [0.29, 0.717) is 17.9 Å². The summed E-state index contributed by atoms with van der Waals surface area (Å²) in [7, 11) is -0.825. The number of sulfonamides is 1. The van der Waals surface area contributed by atoms with Gasteiger partial charge >= 0.3 is 5.97 Å². The van der Waals surface area contributed by atoms with Gasteiger partial charge < -0.3 is 28.8 Å². The summed E-state index contributed by atoms with van der Waals surface area (Å²) in [5.74, 6) is 0.354. The summed E-state index contributed by atoms with van der Waals surface area (Å²) in [4.78, 5) is 12.6. The number of nitrogens with zero attached hydrogens (tertiary/aromatic N) is 1. The van der Waals surface area contributed by atoms with E-state index in [1.165, 1.54) is 25.3 Å². The molecule has 1 aliphatic heterocycles. The molecule has 2 aromatic carbocycles. The van der Waals surface area contributed by atoms with Crippen molar-refractivity contribution in [1.82, 2.24) is 4.31 Å². The first-order valence-corrected chi connectivity index (χ1v) is 13.4. The second-order valence-corrected chi connectivity index (χ2v) is 10.2. The van der Waals surface area contributed by atoms with Crippen LogP contribution in [0.4, 0.5) is 0 Å². The molecule has 1 aliphatic rings. The maximum atomic E-state index is 13.1. The van der Waals surface area contributed by atoms with Crippen LogP contribution in [0.25, 0.3) is 0 Å². The van der Waals surface area contributed by atoms with Crippen molar-refractivity contribution < 1.29 is 42.0 Å². The fraction of sp³-hybridized carbons (Fsp3) is 0.370. The van der Waals surface area contributed by atoms with Crippen LogP contribution in [0.3, 0.4) is 0 Å². The molecule has 11 heteroatoms. The van der Waals surface area contributed by atoms with Crippen LogP contribution < -0.4 is 9.47 Å². The van der Waals surface area contributed by atoms with E-state index >= 15 is 0 Å². The minimum absolute atomic E-state index is 0.00184. The number of esters is 1. The van der Waals surface area contributed by atoms with Gasteiger partial charge in [0.2, 0.25) is 22.1 Å². The molecule has 0 unspecified atom stereocenters. The van der Waals surface area contributed by atoms with E-state index in [2.05, 4.69) is 6.58 Å². The van der Waals surface area contributed by atoms with Crippen molar-refractivity contribution in [2.75, 3.05) is 47.1 Å². The molecule has 0 fully saturated rings. The van der Waals surface area contributed by atoms with E-state index in [0.717, 1.165) is 9.87 Å². The zero-order chi connectivity index (χ0) is 27.5. The van der Waals surface area contributed by atoms with Crippen molar-refractivity contribution in [1.29, 1.82) is 0 Å². The Bertz CT molecular complexity index is 1190. The molecule has 38 heavy (non-hydrogen) atoms. The van der Waals surface area contributed by atoms with Crippen LogP contribution in [0.5, 0.6) is 11.5 Å². The van der Waals surface area contributed by atoms with E-state index in [9.17, 15) is 18.3 Å². The molecule has 1 heterocycles. The highest BCUT2D eigenvalue weighted by molar-refractivity contribution is 7.89. The number of benzene rings is 2. The van der Waals surface area contributed by atoms with Gasteiger partial charge in [0.05, 0.1) is 32.3 Å². The number of allylic oxidation sites excluding steroid dienone is 1. The topological polar surface area (TPSA) is 121 Å². The molecule has 0 radical (unpaired) electrons. The quantitative estimate of drug-likeness (QED) is 0.281. The molecule has 0 aromatic heterocycles. The molecule has 0 spiro atoms. The summed E-state index contributed by atoms with van der Waals surface area (Å²) in [6.45, 7) is 3.01. The van der Waals surface area contributed by atoms with Gasteiger partial charge in [-0.25, -0.2) is 13.2 Å². The minimum atomic E-state index is -3.90. The highest BCUT2D eigenvalue weighted by Crippen LogP contribution is 2.32. The van der Waals surface area contributed by atoms with Crippen LogP contribution in [0, 0.1) is 0 Å². The molecule has 2 atom stereocenters. The molecule has 1 N–H and O–H groups in total. The zero-order valence-corrected chi connectivity index (χ0v) is 22.3. The van der Waals surface area contributed by atoms with Gasteiger partial charge in [0.25, 0.3) is 0 Å². The van der Waals surface area contributed by atoms with Crippen molar-refractivity contribution >= 4 is 16.0 Å². The molecule has 0 bridgehead atoms. The van der Waals surface area contributed by atoms with E-state index in [-0.39, 0.29) is 49.5 Å². The average molecular weight is 548 g/mol. The highest BCUT2D eigenvalue weighted by atomic mass is 32.2. The molecule has 0 aliphatic carbocycles. The van der Waals surface area contributed by atoms with Gasteiger partial charge in [-0.3, -0.25) is 0 Å². The first-order valence-electron chi connectivity index (χ1n) is 12.0. The fourth-order valence-electron chi connectivity index (χ4n) is 3.84. The number of hydrogen-bond donors (Lipinski definition) is 1. The van der Waals surface area contributed by atoms with Gasteiger partial charge in [-0.1, -0.05) is 24.8 Å². The summed E-state index contributed by atoms with van der Waals surface area (Å²) >= 11 is 0. The first kappa shape index (κ1) is 29.2. The molecule has 3 rings (SSSR count). The van der Waals surface area contributed by atoms with Gasteiger partial charge in [0.15, 0.2) is 0 Å². The van der Waals surface area contributed by atoms with E-state index < -0.39 is 22.3 Å². The van der Waals surface area contributed by atoms with Crippen LogP contribution in [0.2, 0.25) is 0 Å². The standard InChI is InChI=1S/C27H33NO9S/c1-4-16-36-27(30)25-18-21(20-5-7-22(33-2)8-6-20)19-26(37-25)35-17-14-28(13-15-29)38(31,32)24-11-9-23(34-3)10-12-24/h4-12,18,21,26,29H,1,13-17,19H2,2-3H3/t21-,26+/m0/s1. The number of rotatable bonds is 14. The lowest BCUT2D eigenvalue weighted by molar-refractivity contribution is -0.160. The molecular weight excluding hydrogens is 514 g/mol. The monoisotopic (exact) mass is 547 g/mol. The van der Waals surface area contributed by atoms with Crippen molar-refractivity contribution in [2.24, 2.45) is 0 Å². The van der Waals surface area contributed by atoms with Crippen LogP contribution in [0.1, 0.15) is 17.9 Å². The smallest absolute Gasteiger partial charge is 0.373 e. The van der Waals surface area contributed by atoms with Gasteiger partial charge in [0.1, 0.15) is 18.1 Å². The summed E-state index contributed by atoms with van der Waals surface area (Å²) in [5, 5.41) is 9.48. The SMILES string of the molecule is C=CCOC(=O)C1=C[C@H](c2ccc(OC)cc2)C[C@H](OCCN(CCO)S(=O)(=O)c2ccc(OC)cc2)O1. The molecule has 0 saturated heterocycles. The number of methoxy groups -OCH3 is 2. The Labute approximate surface area is 223 Å². The average Bonchev–Trinajstić information content (AvgIpc) is 2.95. The summed E-state index contributed by atoms with van der Waals surface area (Å²) in [6.07, 6.45) is 2.68. The fourth-order valence-corrected chi connectivity index (χ4v) is 5.26. The highest BCUT2D eigenvalue weighted by Gasteiger charge is 2.30. The van der Waals surface area contributed by atoms with Crippen LogP contribution in [-0.2, 0) is 29.0 Å². The number of hydrogen-bond acceptors (Lipinski definition) is 9. The van der Waals surface area contributed by atoms with Crippen molar-refractivity contribution in [3.8, 4) is 11.5 Å². The molecular formula is C27H33NO9S. The Morgan fingerprint density at radius 3 is 2.29 bits per heavy atom. The lowest BCUT2D eigenvalue weighted by atomic mass is 9.93. The molecule has 0 saturated carbocycles. The Morgan fingerprint density at radius 2 is 1.71 bits per heavy atom. The van der Waals surface area contributed by atoms with E-state index in [4.69, 9.17) is 23.7 Å². The summed E-state index contributed by atoms with van der Waals surface area (Å²) in [6, 6.07) is 13.4. The van der Waals surface area contributed by atoms with Gasteiger partial charge in [-0.2, -0.15) is 4.31 Å². The summed E-state index contributed by atoms with van der Waals surface area (Å²) in [5.41, 5.74) is 0.917. The van der Waals surface area contributed by atoms with Crippen molar-refractivity contribution in [3.05, 3.63) is 78.6 Å². The Balaban J connectivity index is 1.71. The largest absolute Gasteiger partial charge is 0.497 e. The number of carbonyl (C=O) groups is 1. The van der Waals surface area contributed by atoms with E-state index in [1.54, 1.807) is 25.3 Å². The van der Waals surface area contributed by atoms with Gasteiger partial charge in [-0.15, -0.1) is 0 Å². The molecule has 206 valence electrons. The van der Waals surface area contributed by atoms with Crippen LogP contribution >= 0.6 is 0 Å². The number of ether oxygens (including phenoxy) is 5. The van der Waals surface area contributed by atoms with E-state index in [1.807, 2.05) is 24.3 Å². The second kappa shape index (κ2) is 14.0. The van der Waals surface area contributed by atoms with Crippen LogP contribution in [-0.4, -0.2) is 77.2 Å². The van der Waals surface area contributed by atoms with Crippen LogP contribution in [0.15, 0.2) is 77.9 Å². The maximum Gasteiger partial charge on any atom is 0.373 e. The Morgan fingerprint density at radius 1 is 1.08 bits per heavy atom. The normalized spacial score (nSPS) is 17.3. The zero-order valence-electron chi connectivity index (χ0n) is 21.4. The first-order chi connectivity index (χ1) is 18.3. The molecule has 0 amide bonds. The number of carbonyl (C=O) groups excluding carboxylic acids is 1. The third-order valence-electron chi connectivity index (χ3n) is 5.83. The Kier molecular flexibility index (Phi) is 10.7. The maximum absolute atomic E-state index is 13.1. The molecule has 10 nitrogen and oxygen atoms in total. The third-order valence-corrected chi connectivity index (χ3v) is 7.74. The summed E-state index contributed by atoms with van der Waals surface area (Å²) < 4.78 is 54.5. The number of aliphatic hydroxyl groups is 1. The van der Waals surface area contributed by atoms with Crippen molar-refractivity contribution in [2.45, 2.75) is 23.5 Å². The third kappa shape index (κ3) is 7.57. The predicted octanol–water partition coefficient (Wildman–Crippen LogP) is 2.85. The lowest BCUT2D eigenvalue weighted by Crippen LogP contribution is -2.37. The number of aliphatic hydroxyl groups excluding tert-OH is 1. The van der Waals surface area contributed by atoms with Gasteiger partial charge in [0, 0.05) is 25.4 Å². The minimum Gasteiger partial charge on any atom is -0.497 e. The van der Waals surface area contributed by atoms with Crippen molar-refractivity contribution in [3.63, 3.8) is 0 Å². The Hall–Kier alpha value is -3.38. The second-order valence-electron chi connectivity index (χ2n) is 8.25.